The molecular weight excluding hydrogens is 1080 g/mol. The molecule has 0 spiro atoms. The molecule has 4 aromatic rings. The first-order chi connectivity index (χ1) is 35.5. The minimum atomic E-state index is -5.71. The number of rotatable bonds is 23. The highest BCUT2D eigenvalue weighted by molar-refractivity contribution is 7.93. The summed E-state index contributed by atoms with van der Waals surface area (Å²) in [6.45, 7) is 14.0. The third-order valence-electron chi connectivity index (χ3n) is 11.8. The molecule has 2 aromatic carbocycles. The number of nitrogens with zero attached hydrogens (tertiary/aromatic N) is 10. The number of hydrogen-bond donors (Lipinski definition) is 2. The number of hydrogen-bond acceptors (Lipinski definition) is 20. The maximum Gasteiger partial charge on any atom is 0.516 e. The van der Waals surface area contributed by atoms with E-state index in [1.807, 2.05) is 46.3 Å². The molecule has 0 radical (unpaired) electrons. The Kier molecular flexibility index (Phi) is 21.6. The average molecular weight is 1140 g/mol. The zero-order valence-corrected chi connectivity index (χ0v) is 45.4. The van der Waals surface area contributed by atoms with E-state index in [1.165, 1.54) is 18.2 Å². The van der Waals surface area contributed by atoms with Crippen molar-refractivity contribution in [2.45, 2.75) is 142 Å². The van der Waals surface area contributed by atoms with E-state index in [0.717, 1.165) is 97.4 Å². The van der Waals surface area contributed by atoms with Gasteiger partial charge in [0.15, 0.2) is 5.75 Å². The first-order valence-electron chi connectivity index (χ1n) is 24.3. The van der Waals surface area contributed by atoms with Crippen molar-refractivity contribution in [1.29, 1.82) is 0 Å². The largest absolute Gasteiger partial charge is 0.516 e. The number of halogens is 6. The first-order valence-corrected chi connectivity index (χ1v) is 29.1. The summed E-state index contributed by atoms with van der Waals surface area (Å²) < 4.78 is 141. The van der Waals surface area contributed by atoms with Gasteiger partial charge in [0.1, 0.15) is 11.4 Å². The van der Waals surface area contributed by atoms with Gasteiger partial charge in [0.25, 0.3) is 10.3 Å². The van der Waals surface area contributed by atoms with Crippen LogP contribution in [0, 0.1) is 0 Å². The Bertz CT molecular complexity index is 2860. The number of aryl methyl sites for hydroxylation is 2. The van der Waals surface area contributed by atoms with Gasteiger partial charge in [0.05, 0.1) is 24.6 Å². The van der Waals surface area contributed by atoms with Crippen LogP contribution < -0.4 is 19.2 Å². The van der Waals surface area contributed by atoms with Crippen LogP contribution in [0.4, 0.5) is 70.7 Å². The van der Waals surface area contributed by atoms with Gasteiger partial charge in [0.2, 0.25) is 20.0 Å². The minimum absolute atomic E-state index is 0.00733. The van der Waals surface area contributed by atoms with Crippen molar-refractivity contribution in [1.82, 2.24) is 20.4 Å². The number of benzene rings is 2. The van der Waals surface area contributed by atoms with Gasteiger partial charge in [-0.2, -0.15) is 34.8 Å². The van der Waals surface area contributed by atoms with Gasteiger partial charge < -0.3 is 19.3 Å². The summed E-state index contributed by atoms with van der Waals surface area (Å²) in [7, 11) is -10.5. The van der Waals surface area contributed by atoms with Crippen LogP contribution in [0.2, 0.25) is 0 Å². The summed E-state index contributed by atoms with van der Waals surface area (Å²) in [5, 5.41) is 30.8. The number of carbonyl (C=O) groups is 2. The molecule has 6 rings (SSSR count). The van der Waals surface area contributed by atoms with Gasteiger partial charge in [-0.1, -0.05) is 77.1 Å². The molecule has 2 aliphatic rings. The van der Waals surface area contributed by atoms with Crippen LogP contribution >= 0.6 is 22.7 Å². The summed E-state index contributed by atoms with van der Waals surface area (Å²) in [5.74, 6) is -3.35. The second-order valence-electron chi connectivity index (χ2n) is 17.2. The first kappa shape index (κ1) is 60.2. The molecule has 0 bridgehead atoms. The summed E-state index contributed by atoms with van der Waals surface area (Å²) in [4.78, 5) is 28.3. The topological polar surface area (TPSA) is 252 Å². The fourth-order valence-corrected chi connectivity index (χ4v) is 10.8. The number of nitrogens with one attached hydrogen (secondary N) is 2. The molecule has 2 aliphatic heterocycles. The van der Waals surface area contributed by atoms with Crippen LogP contribution in [-0.4, -0.2) is 105 Å². The van der Waals surface area contributed by atoms with Gasteiger partial charge >= 0.3 is 33.6 Å². The van der Waals surface area contributed by atoms with Crippen LogP contribution in [0.25, 0.3) is 0 Å². The molecule has 0 amide bonds. The Hall–Kier alpha value is -5.62. The second-order valence-corrected chi connectivity index (χ2v) is 22.5. The molecule has 0 unspecified atom stereocenters. The van der Waals surface area contributed by atoms with Crippen molar-refractivity contribution < 1.29 is 62.2 Å². The van der Waals surface area contributed by atoms with E-state index in [9.17, 15) is 52.8 Å². The maximum absolute atomic E-state index is 13.2. The molecule has 0 atom stereocenters. The molecule has 20 nitrogen and oxygen atoms in total. The maximum atomic E-state index is 13.2. The highest BCUT2D eigenvalue weighted by atomic mass is 32.2. The van der Waals surface area contributed by atoms with E-state index in [0.29, 0.717) is 37.9 Å². The normalized spacial score (nSPS) is 14.3. The number of ether oxygens (including phenoxy) is 2. The molecule has 0 fully saturated rings. The fraction of sp³-hybridized carbons (Fsp3) is 0.600. The molecule has 2 N–H and O–H groups in total. The smallest absolute Gasteiger partial charge is 0.460 e. The molecule has 0 saturated heterocycles. The minimum Gasteiger partial charge on any atom is -0.460 e. The Labute approximate surface area is 439 Å². The Morgan fingerprint density at radius 1 is 0.640 bits per heavy atom. The highest BCUT2D eigenvalue weighted by Gasteiger charge is 2.46. The number of azo groups is 2. The predicted octanol–water partition coefficient (Wildman–Crippen LogP) is 12.3. The number of carbonyl (C=O) groups excluding carboxylic acids is 2. The Morgan fingerprint density at radius 2 is 1.05 bits per heavy atom. The number of sulfonamides is 2. The quantitative estimate of drug-likeness (QED) is 0.0303. The standard InChI is InChI=1S/C23H31F3N6O4S2.C22H29F3N6O4S2/c1-4-7-11-36-21(33)20-28-30-22(37-20)29-27-17-12-15-9-8-10-32(16(5-2)6-3)19(15)13-18(17)31-38(34,35)14-23(24,25)26;1-4-7-11-35-20(32)19-27-29-21(36-19)28-26-16-12-14-9-8-10-31(15(5-2)6-3)18(14)13-17(16)30-37(33,34)22(23,24)25/h12-13,16,31H,4-11,14H2,1-3H3;12-13,15,30H,4-11H2,1-3H3. The van der Waals surface area contributed by atoms with Crippen molar-refractivity contribution in [3.8, 4) is 0 Å². The third kappa shape index (κ3) is 16.9. The number of anilines is 4. The lowest BCUT2D eigenvalue weighted by molar-refractivity contribution is -0.106. The predicted molar refractivity (Wildman–Crippen MR) is 274 cm³/mol. The zero-order chi connectivity index (χ0) is 55.1. The number of aromatic nitrogens is 4. The lowest BCUT2D eigenvalue weighted by Gasteiger charge is -2.38. The summed E-state index contributed by atoms with van der Waals surface area (Å²) in [6, 6.07) is 6.39. The lowest BCUT2D eigenvalue weighted by Crippen LogP contribution is -2.38. The van der Waals surface area contributed by atoms with Crippen LogP contribution in [0.3, 0.4) is 0 Å². The highest BCUT2D eigenvalue weighted by Crippen LogP contribution is 2.42. The van der Waals surface area contributed by atoms with Crippen LogP contribution in [0.5, 0.6) is 0 Å². The SMILES string of the molecule is CCCCOC(=O)c1nnc(N=Nc2cc3c(cc2NS(=O)(=O)C(F)(F)F)N(C(CC)CC)CCC3)s1.CCCCOC(=O)c1nnc(N=Nc2cc3c(cc2NS(=O)(=O)CC(F)(F)F)N(C(CC)CC)CCC3)s1. The summed E-state index contributed by atoms with van der Waals surface area (Å²) >= 11 is 1.63. The zero-order valence-electron chi connectivity index (χ0n) is 42.1. The Balaban J connectivity index is 0.000000277. The molecule has 0 aliphatic carbocycles. The van der Waals surface area contributed by atoms with E-state index in [2.05, 4.69) is 50.7 Å². The van der Waals surface area contributed by atoms with Gasteiger partial charge in [-0.25, -0.2) is 18.0 Å². The number of esters is 2. The molecule has 30 heteroatoms. The Morgan fingerprint density at radius 3 is 1.43 bits per heavy atom. The fourth-order valence-electron chi connectivity index (χ4n) is 8.08. The van der Waals surface area contributed by atoms with E-state index in [4.69, 9.17) is 9.47 Å². The number of fused-ring (bicyclic) bond motifs is 2. The van der Waals surface area contributed by atoms with Crippen LogP contribution in [-0.2, 0) is 42.4 Å². The third-order valence-corrected chi connectivity index (χ3v) is 15.7. The number of unbranched alkanes of at least 4 members (excludes halogenated alkanes) is 2. The van der Waals surface area contributed by atoms with Crippen molar-refractivity contribution in [3.05, 3.63) is 45.4 Å². The average Bonchev–Trinajstić information content (AvgIpc) is 4.04. The van der Waals surface area contributed by atoms with Gasteiger partial charge in [-0.05, 0) is 99.6 Å². The van der Waals surface area contributed by atoms with E-state index in [1.54, 1.807) is 10.8 Å². The molecule has 75 heavy (non-hydrogen) atoms. The van der Waals surface area contributed by atoms with E-state index < -0.39 is 49.4 Å². The van der Waals surface area contributed by atoms with Gasteiger partial charge in [0, 0.05) is 36.5 Å². The molecule has 4 heterocycles. The van der Waals surface area contributed by atoms with Crippen molar-refractivity contribution >= 4 is 99.0 Å². The van der Waals surface area contributed by atoms with E-state index in [-0.39, 0.29) is 68.3 Å². The van der Waals surface area contributed by atoms with Crippen LogP contribution in [0.15, 0.2) is 44.7 Å². The molecule has 0 saturated carbocycles. The molecule has 2 aromatic heterocycles. The van der Waals surface area contributed by atoms with E-state index >= 15 is 0 Å². The van der Waals surface area contributed by atoms with Crippen molar-refractivity contribution in [3.63, 3.8) is 0 Å². The second kappa shape index (κ2) is 26.9. The lowest BCUT2D eigenvalue weighted by atomic mass is 9.97. The van der Waals surface area contributed by atoms with Crippen molar-refractivity contribution in [2.24, 2.45) is 20.5 Å². The summed E-state index contributed by atoms with van der Waals surface area (Å²) in [5.41, 5.74) is -2.97. The van der Waals surface area contributed by atoms with Gasteiger partial charge in [-0.3, -0.25) is 9.44 Å². The van der Waals surface area contributed by atoms with Gasteiger partial charge in [-0.15, -0.1) is 40.9 Å². The molecule has 414 valence electrons. The monoisotopic (exact) mass is 1140 g/mol. The number of alkyl halides is 6. The molecular formula is C45H60F6N12O8S4. The summed E-state index contributed by atoms with van der Waals surface area (Å²) in [6.07, 6.45) is 4.56. The van der Waals surface area contributed by atoms with Crippen molar-refractivity contribution in [2.75, 3.05) is 51.3 Å². The van der Waals surface area contributed by atoms with Crippen LogP contribution in [0.1, 0.15) is 136 Å².